The van der Waals surface area contributed by atoms with Gasteiger partial charge >= 0.3 is 0 Å². The minimum absolute atomic E-state index is 0.389. The summed E-state index contributed by atoms with van der Waals surface area (Å²) in [6.07, 6.45) is 1.57. The minimum Gasteiger partial charge on any atom is -0.367 e. The lowest BCUT2D eigenvalue weighted by Crippen LogP contribution is -1.80. The largest absolute Gasteiger partial charge is 0.367 e. The fraction of sp³-hybridized carbons (Fsp3) is 0. The molecule has 0 unspecified atom stereocenters. The maximum Gasteiger partial charge on any atom is 0.235 e. The molecule has 0 aliphatic carbocycles. The van der Waals surface area contributed by atoms with E-state index in [0.29, 0.717) is 5.88 Å². The lowest BCUT2D eigenvalue weighted by atomic mass is 10.7. The summed E-state index contributed by atoms with van der Waals surface area (Å²) in [4.78, 5) is 0. The van der Waals surface area contributed by atoms with Crippen LogP contribution in [0.2, 0.25) is 0 Å². The number of hydrogen-bond donors (Lipinski definition) is 1. The van der Waals surface area contributed by atoms with E-state index < -0.39 is 0 Å². The number of nitrogen functional groups attached to an aromatic ring is 1. The van der Waals surface area contributed by atoms with Gasteiger partial charge in [-0.15, -0.1) is 0 Å². The molecule has 0 bridgehead atoms. The zero-order valence-corrected chi connectivity index (χ0v) is 5.55. The van der Waals surface area contributed by atoms with E-state index in [1.54, 1.807) is 6.20 Å². The molecule has 1 aromatic heterocycles. The molecule has 0 saturated carbocycles. The Labute approximate surface area is 54.0 Å². The third-order valence-corrected chi connectivity index (χ3v) is 1.36. The zero-order chi connectivity index (χ0) is 5.28. The van der Waals surface area contributed by atoms with E-state index in [9.17, 15) is 0 Å². The smallest absolute Gasteiger partial charge is 0.235 e. The van der Waals surface area contributed by atoms with Gasteiger partial charge in [-0.2, -0.15) is 0 Å². The van der Waals surface area contributed by atoms with Gasteiger partial charge in [-0.3, -0.25) is 0 Å². The molecule has 1 aromatic rings. The van der Waals surface area contributed by atoms with Crippen molar-refractivity contribution in [1.82, 2.24) is 5.16 Å². The summed E-state index contributed by atoms with van der Waals surface area (Å²) in [5.74, 6) is 0.389. The van der Waals surface area contributed by atoms with Crippen LogP contribution in [0.4, 0.5) is 5.88 Å². The van der Waals surface area contributed by atoms with E-state index in [1.807, 2.05) is 22.6 Å². The van der Waals surface area contributed by atoms with Crippen molar-refractivity contribution in [1.29, 1.82) is 0 Å². The van der Waals surface area contributed by atoms with E-state index >= 15 is 0 Å². The van der Waals surface area contributed by atoms with Crippen LogP contribution in [0.1, 0.15) is 0 Å². The van der Waals surface area contributed by atoms with Crippen molar-refractivity contribution in [3.05, 3.63) is 9.77 Å². The van der Waals surface area contributed by atoms with Gasteiger partial charge in [0.2, 0.25) is 5.88 Å². The van der Waals surface area contributed by atoms with Crippen LogP contribution < -0.4 is 5.73 Å². The van der Waals surface area contributed by atoms with E-state index in [0.717, 1.165) is 3.57 Å². The SMILES string of the molecule is Nc1oncc1I. The summed E-state index contributed by atoms with van der Waals surface area (Å²) in [5.41, 5.74) is 5.20. The molecule has 7 heavy (non-hydrogen) atoms. The summed E-state index contributed by atoms with van der Waals surface area (Å²) in [6, 6.07) is 0. The van der Waals surface area contributed by atoms with Crippen LogP contribution in [0.5, 0.6) is 0 Å². The van der Waals surface area contributed by atoms with Crippen molar-refractivity contribution >= 4 is 28.5 Å². The Morgan fingerprint density at radius 3 is 2.71 bits per heavy atom. The number of halogens is 1. The Morgan fingerprint density at radius 2 is 2.57 bits per heavy atom. The molecule has 4 heteroatoms. The molecule has 0 radical (unpaired) electrons. The van der Waals surface area contributed by atoms with Gasteiger partial charge in [0.1, 0.15) is 0 Å². The Kier molecular flexibility index (Phi) is 1.18. The van der Waals surface area contributed by atoms with Crippen molar-refractivity contribution in [3.8, 4) is 0 Å². The fourth-order valence-corrected chi connectivity index (χ4v) is 0.449. The number of nitrogens with two attached hydrogens (primary N) is 1. The molecule has 0 fully saturated rings. The van der Waals surface area contributed by atoms with Crippen LogP contribution in [0, 0.1) is 3.57 Å². The minimum atomic E-state index is 0.389. The van der Waals surface area contributed by atoms with Gasteiger partial charge in [0.15, 0.2) is 0 Å². The molecule has 0 saturated heterocycles. The number of aromatic nitrogens is 1. The first-order valence-corrected chi connectivity index (χ1v) is 2.74. The average Bonchev–Trinajstić information content (AvgIpc) is 1.91. The highest BCUT2D eigenvalue weighted by atomic mass is 127. The van der Waals surface area contributed by atoms with E-state index in [-0.39, 0.29) is 0 Å². The van der Waals surface area contributed by atoms with Crippen molar-refractivity contribution in [2.75, 3.05) is 5.73 Å². The molecule has 0 aliphatic heterocycles. The van der Waals surface area contributed by atoms with Crippen LogP contribution in [0.25, 0.3) is 0 Å². The van der Waals surface area contributed by atoms with Gasteiger partial charge in [0, 0.05) is 0 Å². The molecule has 2 N–H and O–H groups in total. The van der Waals surface area contributed by atoms with E-state index in [4.69, 9.17) is 5.73 Å². The second kappa shape index (κ2) is 1.69. The summed E-state index contributed by atoms with van der Waals surface area (Å²) in [7, 11) is 0. The molecule has 0 aromatic carbocycles. The third-order valence-electron chi connectivity index (χ3n) is 0.552. The number of hydrogen-bond acceptors (Lipinski definition) is 3. The predicted molar refractivity (Wildman–Crippen MR) is 33.6 cm³/mol. The zero-order valence-electron chi connectivity index (χ0n) is 3.39. The fourth-order valence-electron chi connectivity index (χ4n) is 0.237. The van der Waals surface area contributed by atoms with Gasteiger partial charge < -0.3 is 10.3 Å². The second-order valence-corrected chi connectivity index (χ2v) is 2.20. The Hall–Kier alpha value is -0.260. The normalized spacial score (nSPS) is 9.29. The van der Waals surface area contributed by atoms with E-state index in [1.165, 1.54) is 0 Å². The Balaban J connectivity index is 3.12. The summed E-state index contributed by atoms with van der Waals surface area (Å²) < 4.78 is 5.34. The van der Waals surface area contributed by atoms with Gasteiger partial charge in [0.05, 0.1) is 9.77 Å². The number of rotatable bonds is 0. The standard InChI is InChI=1S/C3H3IN2O/c4-2-1-6-7-3(2)5/h1H,5H2. The first-order chi connectivity index (χ1) is 3.30. The first kappa shape index (κ1) is 4.89. The van der Waals surface area contributed by atoms with Crippen LogP contribution in [0.3, 0.4) is 0 Å². The highest BCUT2D eigenvalue weighted by Gasteiger charge is 1.94. The van der Waals surface area contributed by atoms with Crippen molar-refractivity contribution in [2.24, 2.45) is 0 Å². The summed E-state index contributed by atoms with van der Waals surface area (Å²) in [6.45, 7) is 0. The Morgan fingerprint density at radius 1 is 1.86 bits per heavy atom. The van der Waals surface area contributed by atoms with Crippen molar-refractivity contribution in [3.63, 3.8) is 0 Å². The maximum atomic E-state index is 5.20. The molecule has 0 spiro atoms. The van der Waals surface area contributed by atoms with E-state index in [2.05, 4.69) is 9.68 Å². The summed E-state index contributed by atoms with van der Waals surface area (Å²) in [5, 5.41) is 3.41. The third kappa shape index (κ3) is 0.846. The highest BCUT2D eigenvalue weighted by Crippen LogP contribution is 2.10. The van der Waals surface area contributed by atoms with Crippen LogP contribution in [-0.2, 0) is 0 Å². The molecule has 0 atom stereocenters. The van der Waals surface area contributed by atoms with Gasteiger partial charge in [0.25, 0.3) is 0 Å². The molecule has 0 aliphatic rings. The summed E-state index contributed by atoms with van der Waals surface area (Å²) >= 11 is 2.04. The van der Waals surface area contributed by atoms with Gasteiger partial charge in [-0.1, -0.05) is 5.16 Å². The van der Waals surface area contributed by atoms with Crippen molar-refractivity contribution in [2.45, 2.75) is 0 Å². The highest BCUT2D eigenvalue weighted by molar-refractivity contribution is 14.1. The molecule has 3 nitrogen and oxygen atoms in total. The number of nitrogens with zero attached hydrogens (tertiary/aromatic N) is 1. The molecule has 1 heterocycles. The molecule has 38 valence electrons. The predicted octanol–water partition coefficient (Wildman–Crippen LogP) is 0.861. The van der Waals surface area contributed by atoms with Crippen LogP contribution in [-0.4, -0.2) is 5.16 Å². The quantitative estimate of drug-likeness (QED) is 0.646. The second-order valence-electron chi connectivity index (χ2n) is 1.04. The maximum absolute atomic E-state index is 5.20. The topological polar surface area (TPSA) is 52.0 Å². The van der Waals surface area contributed by atoms with Gasteiger partial charge in [-0.05, 0) is 22.6 Å². The van der Waals surface area contributed by atoms with Crippen molar-refractivity contribution < 1.29 is 4.52 Å². The van der Waals surface area contributed by atoms with Crippen LogP contribution >= 0.6 is 22.6 Å². The lowest BCUT2D eigenvalue weighted by Gasteiger charge is -1.74. The van der Waals surface area contributed by atoms with Crippen LogP contribution in [0.15, 0.2) is 10.7 Å². The lowest BCUT2D eigenvalue weighted by molar-refractivity contribution is 0.436. The molecular weight excluding hydrogens is 207 g/mol. The first-order valence-electron chi connectivity index (χ1n) is 1.66. The average molecular weight is 210 g/mol. The monoisotopic (exact) mass is 210 g/mol. The number of anilines is 1. The molecular formula is C3H3IN2O. The Bertz CT molecular complexity index is 145. The molecule has 0 amide bonds. The van der Waals surface area contributed by atoms with Gasteiger partial charge in [-0.25, -0.2) is 0 Å². The molecule has 1 rings (SSSR count).